The van der Waals surface area contributed by atoms with Gasteiger partial charge in [-0.15, -0.1) is 0 Å². The molecule has 0 radical (unpaired) electrons. The van der Waals surface area contributed by atoms with Crippen molar-refractivity contribution in [3.05, 3.63) is 103 Å². The van der Waals surface area contributed by atoms with Crippen LogP contribution in [-0.2, 0) is 0 Å². The van der Waals surface area contributed by atoms with Gasteiger partial charge in [0.2, 0.25) is 0 Å². The predicted octanol–water partition coefficient (Wildman–Crippen LogP) is 6.68. The number of halogens is 1. The molecular formula is C28H20FN5. The molecule has 3 aromatic heterocycles. The fraction of sp³-hybridized carbons (Fsp3) is 0. The first-order valence-electron chi connectivity index (χ1n) is 10.9. The van der Waals surface area contributed by atoms with E-state index < -0.39 is 0 Å². The standard InChI is InChI=1S/C28H20FN5/c29-20-11-9-17(10-12-20)25-26(34-27(33-25)18-5-2-1-3-6-18)22-13-14-31-28-23(22)16-24(32-28)19-7-4-8-21(30)15-19/h1-16H,30H2,(H,31,32)(H,33,34). The number of nitrogen functional groups attached to an aromatic ring is 1. The molecule has 0 aliphatic heterocycles. The molecule has 0 unspecified atom stereocenters. The van der Waals surface area contributed by atoms with Crippen molar-refractivity contribution >= 4 is 16.7 Å². The number of rotatable bonds is 4. The molecule has 6 heteroatoms. The highest BCUT2D eigenvalue weighted by Gasteiger charge is 2.19. The smallest absolute Gasteiger partial charge is 0.138 e. The largest absolute Gasteiger partial charge is 0.399 e. The first-order chi connectivity index (χ1) is 16.7. The quantitative estimate of drug-likeness (QED) is 0.265. The van der Waals surface area contributed by atoms with E-state index in [0.29, 0.717) is 5.69 Å². The summed E-state index contributed by atoms with van der Waals surface area (Å²) in [6.45, 7) is 0. The Morgan fingerprint density at radius 2 is 1.53 bits per heavy atom. The van der Waals surface area contributed by atoms with Crippen molar-refractivity contribution in [2.75, 3.05) is 5.73 Å². The van der Waals surface area contributed by atoms with E-state index in [0.717, 1.165) is 56.2 Å². The van der Waals surface area contributed by atoms with E-state index in [1.807, 2.05) is 60.7 Å². The van der Waals surface area contributed by atoms with E-state index >= 15 is 0 Å². The zero-order chi connectivity index (χ0) is 23.1. The van der Waals surface area contributed by atoms with Crippen LogP contribution in [0.25, 0.3) is 56.2 Å². The number of imidazole rings is 1. The summed E-state index contributed by atoms with van der Waals surface area (Å²) >= 11 is 0. The van der Waals surface area contributed by atoms with Crippen molar-refractivity contribution in [3.63, 3.8) is 0 Å². The van der Waals surface area contributed by atoms with Crippen molar-refractivity contribution in [1.29, 1.82) is 0 Å². The van der Waals surface area contributed by atoms with Gasteiger partial charge in [0.1, 0.15) is 17.3 Å². The van der Waals surface area contributed by atoms with Crippen molar-refractivity contribution in [2.45, 2.75) is 0 Å². The number of hydrogen-bond acceptors (Lipinski definition) is 3. The molecule has 0 aliphatic rings. The Bertz CT molecular complexity index is 1610. The number of anilines is 1. The maximum Gasteiger partial charge on any atom is 0.138 e. The van der Waals surface area contributed by atoms with Crippen LogP contribution >= 0.6 is 0 Å². The van der Waals surface area contributed by atoms with Crippen LogP contribution in [0, 0.1) is 5.82 Å². The fourth-order valence-electron chi connectivity index (χ4n) is 4.22. The van der Waals surface area contributed by atoms with Crippen LogP contribution in [-0.4, -0.2) is 19.9 Å². The number of aromatic nitrogens is 4. The summed E-state index contributed by atoms with van der Waals surface area (Å²) in [5, 5.41) is 0.951. The van der Waals surface area contributed by atoms with Crippen molar-refractivity contribution < 1.29 is 4.39 Å². The second kappa shape index (κ2) is 8.01. The monoisotopic (exact) mass is 445 g/mol. The molecule has 34 heavy (non-hydrogen) atoms. The lowest BCUT2D eigenvalue weighted by molar-refractivity contribution is 0.628. The van der Waals surface area contributed by atoms with E-state index in [-0.39, 0.29) is 5.82 Å². The molecule has 3 aromatic carbocycles. The molecule has 6 aromatic rings. The number of hydrogen-bond donors (Lipinski definition) is 3. The molecule has 5 nitrogen and oxygen atoms in total. The summed E-state index contributed by atoms with van der Waals surface area (Å²) in [6, 6.07) is 28.1. The Labute approximate surface area is 195 Å². The van der Waals surface area contributed by atoms with Gasteiger partial charge in [-0.1, -0.05) is 42.5 Å². The van der Waals surface area contributed by atoms with Gasteiger partial charge in [0.25, 0.3) is 0 Å². The lowest BCUT2D eigenvalue weighted by atomic mass is 10.0. The van der Waals surface area contributed by atoms with Gasteiger partial charge in [-0.25, -0.2) is 14.4 Å². The van der Waals surface area contributed by atoms with E-state index in [4.69, 9.17) is 10.7 Å². The summed E-state index contributed by atoms with van der Waals surface area (Å²) in [4.78, 5) is 16.4. The molecule has 0 amide bonds. The highest BCUT2D eigenvalue weighted by Crippen LogP contribution is 2.37. The molecule has 6 rings (SSSR count). The molecule has 0 spiro atoms. The first-order valence-corrected chi connectivity index (χ1v) is 10.9. The van der Waals surface area contributed by atoms with Gasteiger partial charge in [0.05, 0.1) is 11.4 Å². The van der Waals surface area contributed by atoms with E-state index in [1.54, 1.807) is 18.3 Å². The number of nitrogens with two attached hydrogens (primary N) is 1. The molecule has 0 bridgehead atoms. The summed E-state index contributed by atoms with van der Waals surface area (Å²) in [7, 11) is 0. The van der Waals surface area contributed by atoms with E-state index in [1.165, 1.54) is 12.1 Å². The van der Waals surface area contributed by atoms with Crippen LogP contribution in [0.5, 0.6) is 0 Å². The zero-order valence-electron chi connectivity index (χ0n) is 18.1. The average Bonchev–Trinajstić information content (AvgIpc) is 3.50. The Hall–Kier alpha value is -4.71. The normalized spacial score (nSPS) is 11.2. The predicted molar refractivity (Wildman–Crippen MR) is 134 cm³/mol. The van der Waals surface area contributed by atoms with Gasteiger partial charge in [0, 0.05) is 45.2 Å². The molecule has 164 valence electrons. The minimum atomic E-state index is -0.284. The van der Waals surface area contributed by atoms with Gasteiger partial charge in [0.15, 0.2) is 0 Å². The molecule has 0 aliphatic carbocycles. The Balaban J connectivity index is 1.57. The minimum Gasteiger partial charge on any atom is -0.399 e. The zero-order valence-corrected chi connectivity index (χ0v) is 18.1. The third-order valence-corrected chi connectivity index (χ3v) is 5.87. The molecule has 0 atom stereocenters. The highest BCUT2D eigenvalue weighted by molar-refractivity contribution is 5.98. The van der Waals surface area contributed by atoms with Crippen LogP contribution in [0.2, 0.25) is 0 Å². The second-order valence-electron chi connectivity index (χ2n) is 8.11. The maximum absolute atomic E-state index is 13.6. The topological polar surface area (TPSA) is 83.4 Å². The van der Waals surface area contributed by atoms with Crippen LogP contribution in [0.4, 0.5) is 10.1 Å². The lowest BCUT2D eigenvalue weighted by Crippen LogP contribution is -1.87. The SMILES string of the molecule is Nc1cccc(-c2cc3c(-c4[nH]c(-c5ccccc5)nc4-c4ccc(F)cc4)ccnc3[nH]2)c1. The Kier molecular flexibility index (Phi) is 4.70. The van der Waals surface area contributed by atoms with Crippen LogP contribution in [0.15, 0.2) is 97.2 Å². The summed E-state index contributed by atoms with van der Waals surface area (Å²) in [5.74, 6) is 0.458. The third kappa shape index (κ3) is 3.51. The number of fused-ring (bicyclic) bond motifs is 1. The number of H-pyrrole nitrogens is 2. The number of nitrogens with zero attached hydrogens (tertiary/aromatic N) is 2. The molecular weight excluding hydrogens is 425 g/mol. The number of pyridine rings is 1. The average molecular weight is 446 g/mol. The Morgan fingerprint density at radius 3 is 2.32 bits per heavy atom. The number of nitrogens with one attached hydrogen (secondary N) is 2. The van der Waals surface area contributed by atoms with Gasteiger partial charge in [-0.05, 0) is 48.5 Å². The van der Waals surface area contributed by atoms with E-state index in [9.17, 15) is 4.39 Å². The Morgan fingerprint density at radius 1 is 0.735 bits per heavy atom. The van der Waals surface area contributed by atoms with Crippen molar-refractivity contribution in [2.24, 2.45) is 0 Å². The molecule has 3 heterocycles. The minimum absolute atomic E-state index is 0.284. The van der Waals surface area contributed by atoms with Crippen LogP contribution in [0.3, 0.4) is 0 Å². The summed E-state index contributed by atoms with van der Waals surface area (Å²) in [6.07, 6.45) is 1.77. The number of benzene rings is 3. The number of aromatic amines is 2. The lowest BCUT2D eigenvalue weighted by Gasteiger charge is -2.05. The van der Waals surface area contributed by atoms with Gasteiger partial charge in [-0.2, -0.15) is 0 Å². The van der Waals surface area contributed by atoms with Gasteiger partial charge >= 0.3 is 0 Å². The second-order valence-corrected chi connectivity index (χ2v) is 8.11. The molecule has 0 saturated carbocycles. The summed E-state index contributed by atoms with van der Waals surface area (Å²) < 4.78 is 13.6. The molecule has 0 saturated heterocycles. The van der Waals surface area contributed by atoms with Crippen LogP contribution < -0.4 is 5.73 Å². The first kappa shape index (κ1) is 19.9. The van der Waals surface area contributed by atoms with E-state index in [2.05, 4.69) is 21.0 Å². The third-order valence-electron chi connectivity index (χ3n) is 5.87. The molecule has 0 fully saturated rings. The van der Waals surface area contributed by atoms with Gasteiger partial charge in [-0.3, -0.25) is 0 Å². The summed E-state index contributed by atoms with van der Waals surface area (Å²) in [5.41, 5.74) is 13.7. The fourth-order valence-corrected chi connectivity index (χ4v) is 4.22. The highest BCUT2D eigenvalue weighted by atomic mass is 19.1. The van der Waals surface area contributed by atoms with Crippen molar-refractivity contribution in [1.82, 2.24) is 19.9 Å². The van der Waals surface area contributed by atoms with Crippen LogP contribution in [0.1, 0.15) is 0 Å². The van der Waals surface area contributed by atoms with Crippen molar-refractivity contribution in [3.8, 4) is 45.2 Å². The maximum atomic E-state index is 13.6. The molecule has 4 N–H and O–H groups in total. The van der Waals surface area contributed by atoms with Gasteiger partial charge < -0.3 is 15.7 Å².